The van der Waals surface area contributed by atoms with Crippen LogP contribution in [0.25, 0.3) is 22.2 Å². The number of H-pyrrole nitrogens is 1. The van der Waals surface area contributed by atoms with Crippen molar-refractivity contribution in [2.24, 2.45) is 7.05 Å². The summed E-state index contributed by atoms with van der Waals surface area (Å²) in [5.41, 5.74) is 6.93. The highest BCUT2D eigenvalue weighted by Gasteiger charge is 2.34. The van der Waals surface area contributed by atoms with Gasteiger partial charge in [-0.05, 0) is 106 Å². The van der Waals surface area contributed by atoms with E-state index in [1.807, 2.05) is 51.1 Å². The van der Waals surface area contributed by atoms with E-state index in [1.54, 1.807) is 16.2 Å². The zero-order valence-corrected chi connectivity index (χ0v) is 30.0. The number of alkyl halides is 3. The van der Waals surface area contributed by atoms with Crippen molar-refractivity contribution in [3.05, 3.63) is 85.2 Å². The number of imidazole rings is 1. The molecular formula is C38H47F3N6O4. The normalized spacial score (nSPS) is 16.5. The minimum Gasteiger partial charge on any atom is -0.381 e. The number of nitrogens with one attached hydrogen (secondary N) is 2. The number of benzene rings is 2. The first-order chi connectivity index (χ1) is 24.3. The van der Waals surface area contributed by atoms with Gasteiger partial charge in [-0.15, -0.1) is 0 Å². The molecule has 0 aliphatic carbocycles. The number of amides is 1. The Hall–Kier alpha value is -4.36. The lowest BCUT2D eigenvalue weighted by molar-refractivity contribution is -0.148. The number of ether oxygens (including phenoxy) is 1. The number of hydrogen-bond donors (Lipinski definition) is 2. The van der Waals surface area contributed by atoms with Crippen molar-refractivity contribution in [3.63, 3.8) is 0 Å². The summed E-state index contributed by atoms with van der Waals surface area (Å²) >= 11 is 0. The van der Waals surface area contributed by atoms with Gasteiger partial charge < -0.3 is 19.9 Å². The van der Waals surface area contributed by atoms with E-state index in [0.717, 1.165) is 58.5 Å². The molecule has 2 N–H and O–H groups in total. The highest BCUT2D eigenvalue weighted by atomic mass is 19.4. The number of halogens is 3. The van der Waals surface area contributed by atoms with Gasteiger partial charge >= 0.3 is 11.9 Å². The summed E-state index contributed by atoms with van der Waals surface area (Å²) in [6.45, 7) is 9.45. The summed E-state index contributed by atoms with van der Waals surface area (Å²) in [7, 11) is 1.71. The maximum atomic E-state index is 14.0. The van der Waals surface area contributed by atoms with Crippen LogP contribution in [0.2, 0.25) is 0 Å². The third-order valence-corrected chi connectivity index (χ3v) is 10.6. The highest BCUT2D eigenvalue weighted by Crippen LogP contribution is 2.36. The topological polar surface area (TPSA) is 105 Å². The minimum atomic E-state index is -4.26. The van der Waals surface area contributed by atoms with Crippen molar-refractivity contribution < 1.29 is 22.7 Å². The quantitative estimate of drug-likeness (QED) is 0.230. The molecule has 13 heteroatoms. The Labute approximate surface area is 295 Å². The summed E-state index contributed by atoms with van der Waals surface area (Å²) in [5.74, 6) is -0.297. The fourth-order valence-electron chi connectivity index (χ4n) is 7.87. The maximum Gasteiger partial charge on any atom is 0.401 e. The van der Waals surface area contributed by atoms with E-state index in [4.69, 9.17) is 4.74 Å². The molecule has 2 aromatic carbocycles. The Morgan fingerprint density at radius 3 is 2.33 bits per heavy atom. The van der Waals surface area contributed by atoms with Gasteiger partial charge in [0.15, 0.2) is 0 Å². The fourth-order valence-corrected chi connectivity index (χ4v) is 7.87. The van der Waals surface area contributed by atoms with Gasteiger partial charge in [0.1, 0.15) is 0 Å². The van der Waals surface area contributed by atoms with Crippen LogP contribution in [-0.2, 0) is 18.3 Å². The van der Waals surface area contributed by atoms with Crippen molar-refractivity contribution in [1.29, 1.82) is 0 Å². The number of anilines is 1. The average Bonchev–Trinajstić information content (AvgIpc) is 3.33. The zero-order valence-electron chi connectivity index (χ0n) is 30.0. The molecule has 6 rings (SSSR count). The largest absolute Gasteiger partial charge is 0.401 e. The number of aromatic amines is 1. The van der Waals surface area contributed by atoms with Crippen LogP contribution >= 0.6 is 0 Å². The number of nitrogens with zero attached hydrogens (tertiary/aromatic N) is 4. The van der Waals surface area contributed by atoms with Crippen molar-refractivity contribution in [1.82, 2.24) is 24.3 Å². The number of piperidine rings is 1. The van der Waals surface area contributed by atoms with E-state index in [0.29, 0.717) is 42.7 Å². The first-order valence-corrected chi connectivity index (χ1v) is 17.7. The second kappa shape index (κ2) is 14.7. The minimum absolute atomic E-state index is 0.0768. The Balaban J connectivity index is 1.37. The first kappa shape index (κ1) is 36.4. The predicted molar refractivity (Wildman–Crippen MR) is 193 cm³/mol. The van der Waals surface area contributed by atoms with E-state index in [2.05, 4.69) is 28.2 Å². The number of carbonyl (C=O) groups excluding carboxylic acids is 1. The molecule has 0 atom stereocenters. The van der Waals surface area contributed by atoms with Gasteiger partial charge in [0.2, 0.25) is 0 Å². The van der Waals surface area contributed by atoms with Crippen molar-refractivity contribution in [3.8, 4) is 11.1 Å². The molecule has 1 amide bonds. The highest BCUT2D eigenvalue weighted by molar-refractivity contribution is 5.99. The van der Waals surface area contributed by atoms with Gasteiger partial charge in [-0.2, -0.15) is 13.2 Å². The van der Waals surface area contributed by atoms with Crippen molar-refractivity contribution in [2.75, 3.05) is 44.3 Å². The van der Waals surface area contributed by atoms with Crippen molar-refractivity contribution in [2.45, 2.75) is 78.2 Å². The van der Waals surface area contributed by atoms with E-state index >= 15 is 0 Å². The summed E-state index contributed by atoms with van der Waals surface area (Å²) in [5, 5.41) is 2.99. The van der Waals surface area contributed by atoms with Crippen LogP contribution in [0.3, 0.4) is 0 Å². The molecule has 0 bridgehead atoms. The van der Waals surface area contributed by atoms with E-state index in [1.165, 1.54) is 4.90 Å². The van der Waals surface area contributed by atoms with Gasteiger partial charge in [0, 0.05) is 81.0 Å². The first-order valence-electron chi connectivity index (χ1n) is 17.7. The monoisotopic (exact) mass is 708 g/mol. The molecule has 4 aromatic rings. The third kappa shape index (κ3) is 7.64. The Bertz CT molecular complexity index is 2030. The van der Waals surface area contributed by atoms with Crippen LogP contribution in [0.4, 0.5) is 18.9 Å². The predicted octanol–water partition coefficient (Wildman–Crippen LogP) is 5.76. The lowest BCUT2D eigenvalue weighted by atomic mass is 9.95. The SMILES string of the molecule is CCN(c1cc(-c2ccc3c(c2)n(C)c(=O)n3C2CCN(CC(F)(F)F)CC2)cc(C(=O)NCc2c(C)cc(C)[nH]c2=O)c1C)C1CCOCC1. The number of likely N-dealkylation sites (tertiary alicyclic amines) is 1. The molecule has 2 aliphatic rings. The number of aryl methyl sites for hydroxylation is 3. The van der Waals surface area contributed by atoms with Crippen LogP contribution in [-0.4, -0.2) is 76.5 Å². The smallest absolute Gasteiger partial charge is 0.381 e. The molecule has 4 heterocycles. The third-order valence-electron chi connectivity index (χ3n) is 10.6. The summed E-state index contributed by atoms with van der Waals surface area (Å²) < 4.78 is 48.0. The van der Waals surface area contributed by atoms with Crippen LogP contribution in [0.15, 0.2) is 46.0 Å². The van der Waals surface area contributed by atoms with E-state index < -0.39 is 12.7 Å². The molecule has 0 radical (unpaired) electrons. The number of rotatable bonds is 9. The van der Waals surface area contributed by atoms with E-state index in [-0.39, 0.29) is 48.9 Å². The molecule has 2 saturated heterocycles. The number of pyridine rings is 1. The zero-order chi connectivity index (χ0) is 36.6. The van der Waals surface area contributed by atoms with Crippen molar-refractivity contribution >= 4 is 22.6 Å². The van der Waals surface area contributed by atoms with Crippen LogP contribution in [0.1, 0.15) is 71.4 Å². The van der Waals surface area contributed by atoms with Gasteiger partial charge in [-0.3, -0.25) is 23.6 Å². The van der Waals surface area contributed by atoms with Crippen LogP contribution < -0.4 is 21.5 Å². The number of hydrogen-bond acceptors (Lipinski definition) is 6. The standard InChI is InChI=1S/C38H47F3N6O4/c1-6-46(28-11-15-51-16-12-28)33-20-27(18-30(25(33)4)35(48)42-21-31-23(2)17-24(3)43-36(31)49)26-7-8-32-34(19-26)44(5)37(50)47(32)29-9-13-45(14-10-29)22-38(39,40)41/h7-8,17-20,28-29H,6,9-16,21-22H2,1-5H3,(H,42,48)(H,43,49). The molecule has 2 aromatic heterocycles. The van der Waals surface area contributed by atoms with Gasteiger partial charge in [0.05, 0.1) is 17.6 Å². The average molecular weight is 709 g/mol. The van der Waals surface area contributed by atoms with E-state index in [9.17, 15) is 27.6 Å². The Kier molecular flexibility index (Phi) is 10.5. The molecule has 0 spiro atoms. The Morgan fingerprint density at radius 2 is 1.69 bits per heavy atom. The molecule has 0 saturated carbocycles. The second-order valence-electron chi connectivity index (χ2n) is 14.0. The molecule has 274 valence electrons. The summed E-state index contributed by atoms with van der Waals surface area (Å²) in [6.07, 6.45) is -1.63. The number of aromatic nitrogens is 3. The van der Waals surface area contributed by atoms with Gasteiger partial charge in [0.25, 0.3) is 11.5 Å². The van der Waals surface area contributed by atoms with Gasteiger partial charge in [-0.25, -0.2) is 4.79 Å². The van der Waals surface area contributed by atoms with Gasteiger partial charge in [-0.1, -0.05) is 6.07 Å². The van der Waals surface area contributed by atoms with Crippen LogP contribution in [0.5, 0.6) is 0 Å². The molecule has 2 fully saturated rings. The number of carbonyl (C=O) groups is 1. The molecule has 0 unspecified atom stereocenters. The molecule has 51 heavy (non-hydrogen) atoms. The molecule has 10 nitrogen and oxygen atoms in total. The van der Waals surface area contributed by atoms with Crippen LogP contribution in [0, 0.1) is 20.8 Å². The summed E-state index contributed by atoms with van der Waals surface area (Å²) in [6, 6.07) is 11.7. The summed E-state index contributed by atoms with van der Waals surface area (Å²) in [4.78, 5) is 46.8. The maximum absolute atomic E-state index is 14.0. The lowest BCUT2D eigenvalue weighted by Crippen LogP contribution is -2.41. The second-order valence-corrected chi connectivity index (χ2v) is 14.0. The fraction of sp³-hybridized carbons (Fsp3) is 0.500. The number of fused-ring (bicyclic) bond motifs is 1. The molecular weight excluding hydrogens is 661 g/mol. The molecule has 2 aliphatic heterocycles. The lowest BCUT2D eigenvalue weighted by Gasteiger charge is -2.37. The Morgan fingerprint density at radius 1 is 0.980 bits per heavy atom.